The molecule has 35 heavy (non-hydrogen) atoms. The highest BCUT2D eigenvalue weighted by atomic mass is 19.4. The van der Waals surface area contributed by atoms with E-state index in [1.165, 1.54) is 12.1 Å². The van der Waals surface area contributed by atoms with Crippen LogP contribution in [-0.2, 0) is 16.6 Å². The highest BCUT2D eigenvalue weighted by molar-refractivity contribution is 5.82. The first-order chi connectivity index (χ1) is 16.8. The second kappa shape index (κ2) is 9.99. The van der Waals surface area contributed by atoms with Crippen LogP contribution in [0.15, 0.2) is 42.6 Å². The van der Waals surface area contributed by atoms with Gasteiger partial charge in [-0.25, -0.2) is 9.07 Å². The molecule has 0 aliphatic heterocycles. The molecule has 3 aromatic rings. The number of halogens is 4. The van der Waals surface area contributed by atoms with Crippen molar-refractivity contribution < 1.29 is 22.4 Å². The zero-order chi connectivity index (χ0) is 25.2. The number of fused-ring (bicyclic) bond motifs is 4. The number of nitrogens with zero attached hydrogens (tertiary/aromatic N) is 2. The third-order valence-corrected chi connectivity index (χ3v) is 7.65. The van der Waals surface area contributed by atoms with Gasteiger partial charge < -0.3 is 5.32 Å². The van der Waals surface area contributed by atoms with E-state index >= 15 is 0 Å². The summed E-state index contributed by atoms with van der Waals surface area (Å²) < 4.78 is 55.8. The Hall–Kier alpha value is -2.90. The first-order valence-electron chi connectivity index (χ1n) is 12.3. The highest BCUT2D eigenvalue weighted by Crippen LogP contribution is 2.53. The summed E-state index contributed by atoms with van der Waals surface area (Å²) in [5.74, 6) is -1.77. The van der Waals surface area contributed by atoms with Crippen LogP contribution < -0.4 is 5.32 Å². The van der Waals surface area contributed by atoms with E-state index in [1.807, 2.05) is 13.8 Å². The van der Waals surface area contributed by atoms with E-state index in [0.29, 0.717) is 25.8 Å². The molecule has 1 aromatic heterocycles. The van der Waals surface area contributed by atoms with Crippen molar-refractivity contribution in [2.45, 2.75) is 64.0 Å². The van der Waals surface area contributed by atoms with E-state index in [-0.39, 0.29) is 24.6 Å². The molecule has 188 valence electrons. The molecule has 0 spiro atoms. The molecule has 5 rings (SSSR count). The largest absolute Gasteiger partial charge is 0.391 e. The average molecular weight is 490 g/mol. The summed E-state index contributed by atoms with van der Waals surface area (Å²) in [6.07, 6.45) is 0.966. The molecule has 8 heteroatoms. The van der Waals surface area contributed by atoms with Gasteiger partial charge >= 0.3 is 6.18 Å². The Balaban J connectivity index is 0.00000141. The van der Waals surface area contributed by atoms with Crippen molar-refractivity contribution in [3.63, 3.8) is 0 Å². The van der Waals surface area contributed by atoms with Gasteiger partial charge in [-0.05, 0) is 92.0 Å². The van der Waals surface area contributed by atoms with Crippen LogP contribution in [0.3, 0.4) is 0 Å². The van der Waals surface area contributed by atoms with Crippen molar-refractivity contribution >= 4 is 17.3 Å². The monoisotopic (exact) mass is 489 g/mol. The quantitative estimate of drug-likeness (QED) is 0.336. The Kier molecular flexibility index (Phi) is 7.20. The Bertz CT molecular complexity index is 1170. The lowest BCUT2D eigenvalue weighted by Gasteiger charge is -2.47. The summed E-state index contributed by atoms with van der Waals surface area (Å²) in [6.45, 7) is 4.33. The Morgan fingerprint density at radius 2 is 1.91 bits per heavy atom. The number of alkyl halides is 3. The van der Waals surface area contributed by atoms with Crippen molar-refractivity contribution in [2.75, 3.05) is 6.54 Å². The van der Waals surface area contributed by atoms with Gasteiger partial charge in [0.1, 0.15) is 5.82 Å². The number of benzene rings is 2. The van der Waals surface area contributed by atoms with Crippen LogP contribution >= 0.6 is 0 Å². The van der Waals surface area contributed by atoms with Gasteiger partial charge in [-0.1, -0.05) is 13.8 Å². The van der Waals surface area contributed by atoms with E-state index < -0.39 is 17.5 Å². The maximum absolute atomic E-state index is 13.6. The number of carbonyl (C=O) groups excluding carboxylic acids is 1. The number of nitrogens with one attached hydrogen (secondary N) is 1. The van der Waals surface area contributed by atoms with Gasteiger partial charge in [-0.15, -0.1) is 0 Å². The molecule has 1 N–H and O–H groups in total. The van der Waals surface area contributed by atoms with Crippen LogP contribution in [0, 0.1) is 17.7 Å². The van der Waals surface area contributed by atoms with Crippen molar-refractivity contribution in [1.29, 1.82) is 0 Å². The lowest BCUT2D eigenvalue weighted by atomic mass is 9.59. The Morgan fingerprint density at radius 3 is 2.60 bits per heavy atom. The minimum Gasteiger partial charge on any atom is -0.358 e. The molecule has 1 amide bonds. The number of aryl methyl sites for hydroxylation is 1. The van der Waals surface area contributed by atoms with Gasteiger partial charge in [0.25, 0.3) is 0 Å². The van der Waals surface area contributed by atoms with Crippen LogP contribution in [0.2, 0.25) is 0 Å². The second-order valence-electron chi connectivity index (χ2n) is 9.36. The second-order valence-corrected chi connectivity index (χ2v) is 9.36. The van der Waals surface area contributed by atoms with Crippen molar-refractivity contribution in [1.82, 2.24) is 15.1 Å². The molecule has 2 aromatic carbocycles. The van der Waals surface area contributed by atoms with Gasteiger partial charge in [0, 0.05) is 17.3 Å². The van der Waals surface area contributed by atoms with Crippen molar-refractivity contribution in [2.24, 2.45) is 11.8 Å². The van der Waals surface area contributed by atoms with Crippen LogP contribution in [0.5, 0.6) is 0 Å². The molecule has 1 fully saturated rings. The zero-order valence-electron chi connectivity index (χ0n) is 20.0. The topological polar surface area (TPSA) is 46.9 Å². The fourth-order valence-electron chi connectivity index (χ4n) is 6.04. The van der Waals surface area contributed by atoms with Gasteiger partial charge in [0.05, 0.1) is 23.3 Å². The molecule has 0 bridgehead atoms. The van der Waals surface area contributed by atoms with E-state index in [1.54, 1.807) is 23.0 Å². The minimum atomic E-state index is -4.19. The van der Waals surface area contributed by atoms with E-state index in [9.17, 15) is 22.4 Å². The molecule has 4 nitrogen and oxygen atoms in total. The van der Waals surface area contributed by atoms with E-state index in [2.05, 4.69) is 22.5 Å². The van der Waals surface area contributed by atoms with Gasteiger partial charge in [0.15, 0.2) is 0 Å². The maximum atomic E-state index is 13.6. The average Bonchev–Trinajstić information content (AvgIpc) is 3.19. The predicted octanol–water partition coefficient (Wildman–Crippen LogP) is 6.49. The highest BCUT2D eigenvalue weighted by Gasteiger charge is 2.52. The fraction of sp³-hybridized carbons (Fsp3) is 0.481. The number of carbonyl (C=O) groups is 1. The SMILES string of the molecule is CC.O=CNC[C@]12CCC(C(F)(F)F)CC1CCCc1cc3c(cnn3-c3ccc(F)cc3)cc12. The first-order valence-corrected chi connectivity index (χ1v) is 12.3. The summed E-state index contributed by atoms with van der Waals surface area (Å²) in [6, 6.07) is 10.2. The molecular formula is C27H31F4N3O. The van der Waals surface area contributed by atoms with Crippen LogP contribution in [0.25, 0.3) is 16.6 Å². The number of hydrogen-bond acceptors (Lipinski definition) is 2. The van der Waals surface area contributed by atoms with Crippen LogP contribution in [-0.4, -0.2) is 28.9 Å². The van der Waals surface area contributed by atoms with Gasteiger partial charge in [-0.2, -0.15) is 18.3 Å². The fourth-order valence-corrected chi connectivity index (χ4v) is 6.04. The molecule has 2 aliphatic rings. The standard InChI is InChI=1S/C25H25F4N3O.C2H6/c26-20-4-6-21(7-5-20)32-23-11-16-2-1-3-18-12-19(25(27,28)29)8-9-24(18,14-30-15-33)22(16)10-17(23)13-31-32;1-2/h4-7,10-11,13,15,18-19H,1-3,8-9,12,14H2,(H,30,33);1-2H3/t18?,19?,24-;/m1./s1. The molecule has 2 unspecified atom stereocenters. The molecule has 0 radical (unpaired) electrons. The summed E-state index contributed by atoms with van der Waals surface area (Å²) in [5, 5.41) is 8.17. The molecular weight excluding hydrogens is 458 g/mol. The van der Waals surface area contributed by atoms with Crippen molar-refractivity contribution in [3.05, 3.63) is 59.5 Å². The van der Waals surface area contributed by atoms with Gasteiger partial charge in [0.2, 0.25) is 6.41 Å². The maximum Gasteiger partial charge on any atom is 0.391 e. The third-order valence-electron chi connectivity index (χ3n) is 7.65. The van der Waals surface area contributed by atoms with Gasteiger partial charge in [-0.3, -0.25) is 4.79 Å². The van der Waals surface area contributed by atoms with Crippen molar-refractivity contribution in [3.8, 4) is 5.69 Å². The predicted molar refractivity (Wildman–Crippen MR) is 128 cm³/mol. The summed E-state index contributed by atoms with van der Waals surface area (Å²) in [7, 11) is 0. The number of amides is 1. The summed E-state index contributed by atoms with van der Waals surface area (Å²) >= 11 is 0. The lowest BCUT2D eigenvalue weighted by Crippen LogP contribution is -2.49. The molecule has 1 saturated carbocycles. The first kappa shape index (κ1) is 25.2. The molecule has 2 aliphatic carbocycles. The third kappa shape index (κ3) is 4.67. The minimum absolute atomic E-state index is 0.0624. The summed E-state index contributed by atoms with van der Waals surface area (Å²) in [5.41, 5.74) is 3.21. The molecule has 1 heterocycles. The van der Waals surface area contributed by atoms with E-state index in [4.69, 9.17) is 0 Å². The number of hydrogen-bond donors (Lipinski definition) is 1. The van der Waals surface area contributed by atoms with Crippen LogP contribution in [0.4, 0.5) is 17.6 Å². The molecule has 0 saturated heterocycles. The summed E-state index contributed by atoms with van der Waals surface area (Å²) in [4.78, 5) is 11.2. The van der Waals surface area contributed by atoms with E-state index in [0.717, 1.165) is 40.6 Å². The normalized spacial score (nSPS) is 23.9. The number of rotatable bonds is 4. The lowest BCUT2D eigenvalue weighted by molar-refractivity contribution is -0.190. The molecule has 3 atom stereocenters. The number of aromatic nitrogens is 2. The van der Waals surface area contributed by atoms with Crippen LogP contribution in [0.1, 0.15) is 57.1 Å². The smallest absolute Gasteiger partial charge is 0.358 e. The Labute approximate surface area is 202 Å². The zero-order valence-corrected chi connectivity index (χ0v) is 20.0. The Morgan fingerprint density at radius 1 is 1.17 bits per heavy atom.